The summed E-state index contributed by atoms with van der Waals surface area (Å²) in [6, 6.07) is 0. The third-order valence-electron chi connectivity index (χ3n) is 4.31. The lowest BCUT2D eigenvalue weighted by atomic mass is 9.81. The van der Waals surface area contributed by atoms with Crippen molar-refractivity contribution in [2.75, 3.05) is 13.1 Å². The van der Waals surface area contributed by atoms with E-state index < -0.39 is 69.1 Å². The summed E-state index contributed by atoms with van der Waals surface area (Å²) >= 11 is 0. The van der Waals surface area contributed by atoms with Gasteiger partial charge in [-0.3, -0.25) is 4.79 Å². The molecule has 2 fully saturated rings. The van der Waals surface area contributed by atoms with E-state index in [1.807, 2.05) is 0 Å². The van der Waals surface area contributed by atoms with Crippen LogP contribution in [0.3, 0.4) is 0 Å². The number of fused-ring (bicyclic) bond motifs is 1. The van der Waals surface area contributed by atoms with Gasteiger partial charge >= 0.3 is 18.2 Å². The first kappa shape index (κ1) is 18.8. The third-order valence-corrected chi connectivity index (χ3v) is 6.86. The number of hydrogen-bond donors (Lipinski definition) is 1. The summed E-state index contributed by atoms with van der Waals surface area (Å²) in [7, 11) is -4.58. The summed E-state index contributed by atoms with van der Waals surface area (Å²) in [5, 5.41) is 4.84. The fourth-order valence-electron chi connectivity index (χ4n) is 3.22. The molecule has 1 unspecified atom stereocenters. The van der Waals surface area contributed by atoms with Crippen LogP contribution in [0, 0.1) is 5.41 Å². The average Bonchev–Trinajstić information content (AvgIpc) is 2.82. The first-order valence-electron chi connectivity index (χ1n) is 7.12. The van der Waals surface area contributed by atoms with E-state index in [-0.39, 0.29) is 0 Å². The van der Waals surface area contributed by atoms with Crippen molar-refractivity contribution in [3.63, 3.8) is 0 Å². The van der Waals surface area contributed by atoms with E-state index in [1.165, 1.54) is 20.8 Å². The second kappa shape index (κ2) is 5.24. The average molecular weight is 373 g/mol. The highest BCUT2D eigenvalue weighted by Gasteiger charge is 2.74. The summed E-state index contributed by atoms with van der Waals surface area (Å²) < 4.78 is 70.4. The van der Waals surface area contributed by atoms with E-state index in [2.05, 4.69) is 0 Å². The number of ether oxygens (including phenoxy) is 1. The molecular weight excluding hydrogens is 355 g/mol. The molecular formula is C13H18F3NO6S. The molecule has 1 amide bonds. The Balaban J connectivity index is 2.41. The first-order valence-corrected chi connectivity index (χ1v) is 8.73. The quantitative estimate of drug-likeness (QED) is 0.746. The molecule has 2 saturated heterocycles. The van der Waals surface area contributed by atoms with Gasteiger partial charge < -0.3 is 14.7 Å². The molecule has 7 nitrogen and oxygen atoms in total. The van der Waals surface area contributed by atoms with Crippen molar-refractivity contribution in [1.29, 1.82) is 0 Å². The second-order valence-corrected chi connectivity index (χ2v) is 9.44. The second-order valence-electron chi connectivity index (χ2n) is 7.12. The molecule has 2 heterocycles. The molecule has 0 radical (unpaired) electrons. The van der Waals surface area contributed by atoms with E-state index in [0.717, 1.165) is 0 Å². The molecule has 0 aromatic rings. The van der Waals surface area contributed by atoms with Gasteiger partial charge in [0.05, 0.1) is 5.25 Å². The molecule has 24 heavy (non-hydrogen) atoms. The molecule has 3 atom stereocenters. The molecule has 0 saturated carbocycles. The van der Waals surface area contributed by atoms with Crippen LogP contribution >= 0.6 is 0 Å². The van der Waals surface area contributed by atoms with Crippen LogP contribution in [0.4, 0.5) is 18.0 Å². The molecule has 2 aliphatic rings. The maximum absolute atomic E-state index is 13.6. The normalized spacial score (nSPS) is 32.5. The van der Waals surface area contributed by atoms with Crippen molar-refractivity contribution < 1.29 is 41.0 Å². The number of sulfone groups is 1. The molecule has 2 aliphatic heterocycles. The Morgan fingerprint density at radius 1 is 1.25 bits per heavy atom. The molecule has 0 aromatic carbocycles. The van der Waals surface area contributed by atoms with Crippen molar-refractivity contribution in [2.45, 2.75) is 49.5 Å². The van der Waals surface area contributed by atoms with E-state index >= 15 is 0 Å². The van der Waals surface area contributed by atoms with E-state index in [0.29, 0.717) is 4.90 Å². The van der Waals surface area contributed by atoms with E-state index in [1.54, 1.807) is 0 Å². The maximum atomic E-state index is 13.6. The van der Waals surface area contributed by atoms with Crippen molar-refractivity contribution in [3.05, 3.63) is 0 Å². The number of alkyl halides is 3. The van der Waals surface area contributed by atoms with Crippen LogP contribution in [0.1, 0.15) is 27.2 Å². The fourth-order valence-corrected chi connectivity index (χ4v) is 5.75. The highest BCUT2D eigenvalue weighted by molar-refractivity contribution is 7.93. The number of carbonyl (C=O) groups is 2. The number of likely N-dealkylation sites (tertiary alicyclic amines) is 1. The summed E-state index contributed by atoms with van der Waals surface area (Å²) in [4.78, 5) is 23.8. The lowest BCUT2D eigenvalue weighted by Crippen LogP contribution is -2.46. The topological polar surface area (TPSA) is 101 Å². The molecule has 0 aliphatic carbocycles. The zero-order valence-electron chi connectivity index (χ0n) is 13.3. The van der Waals surface area contributed by atoms with Crippen LogP contribution in [0.2, 0.25) is 0 Å². The largest absolute Gasteiger partial charge is 0.480 e. The summed E-state index contributed by atoms with van der Waals surface area (Å²) in [5.74, 6) is -1.81. The highest BCUT2D eigenvalue weighted by Crippen LogP contribution is 2.57. The molecule has 138 valence electrons. The first-order chi connectivity index (χ1) is 10.6. The number of carboxylic acids is 1. The van der Waals surface area contributed by atoms with Crippen LogP contribution in [0.5, 0.6) is 0 Å². The van der Waals surface area contributed by atoms with Crippen LogP contribution in [-0.4, -0.2) is 65.9 Å². The van der Waals surface area contributed by atoms with Crippen LogP contribution in [0.25, 0.3) is 0 Å². The Labute approximate surface area is 136 Å². The van der Waals surface area contributed by atoms with E-state index in [4.69, 9.17) is 9.84 Å². The molecule has 1 N–H and O–H groups in total. The minimum atomic E-state index is -4.97. The van der Waals surface area contributed by atoms with Gasteiger partial charge in [0.15, 0.2) is 15.1 Å². The van der Waals surface area contributed by atoms with E-state index in [9.17, 15) is 31.2 Å². The van der Waals surface area contributed by atoms with Gasteiger partial charge in [-0.05, 0) is 27.2 Å². The van der Waals surface area contributed by atoms with Crippen molar-refractivity contribution in [3.8, 4) is 0 Å². The third kappa shape index (κ3) is 2.82. The van der Waals surface area contributed by atoms with Gasteiger partial charge in [0.1, 0.15) is 11.0 Å². The molecule has 0 spiro atoms. The number of carbonyl (C=O) groups excluding carboxylic acids is 1. The Morgan fingerprint density at radius 2 is 1.79 bits per heavy atom. The van der Waals surface area contributed by atoms with Gasteiger partial charge in [-0.2, -0.15) is 13.2 Å². The fraction of sp³-hybridized carbons (Fsp3) is 0.846. The molecule has 0 bridgehead atoms. The Morgan fingerprint density at radius 3 is 2.17 bits per heavy atom. The number of carboxylic acid groups (broad SMARTS) is 1. The van der Waals surface area contributed by atoms with Crippen LogP contribution in [0.15, 0.2) is 0 Å². The molecule has 11 heteroatoms. The van der Waals surface area contributed by atoms with Crippen LogP contribution < -0.4 is 0 Å². The number of nitrogens with zero attached hydrogens (tertiary/aromatic N) is 1. The molecule has 2 rings (SSSR count). The Kier molecular flexibility index (Phi) is 4.10. The lowest BCUT2D eigenvalue weighted by Gasteiger charge is -2.30. The summed E-state index contributed by atoms with van der Waals surface area (Å²) in [5.41, 5.74) is -3.74. The highest BCUT2D eigenvalue weighted by atomic mass is 32.2. The number of aliphatic carboxylic acids is 1. The zero-order chi connectivity index (χ0) is 18.7. The molecule has 0 aromatic heterocycles. The van der Waals surface area contributed by atoms with Gasteiger partial charge in [0.2, 0.25) is 0 Å². The summed E-state index contributed by atoms with van der Waals surface area (Å²) in [6.07, 6.45) is -7.12. The smallest absolute Gasteiger partial charge is 0.410 e. The van der Waals surface area contributed by atoms with Gasteiger partial charge in [-0.15, -0.1) is 0 Å². The van der Waals surface area contributed by atoms with Gasteiger partial charge in [-0.25, -0.2) is 13.2 Å². The number of halogens is 3. The number of rotatable bonds is 1. The SMILES string of the molecule is CC(C)(C)OC(=O)N1C[C@@H]2[C@@](C(F)(F)F)(CC(C(=O)O)S2(=O)=O)C1. The predicted molar refractivity (Wildman–Crippen MR) is 75.0 cm³/mol. The monoisotopic (exact) mass is 373 g/mol. The maximum Gasteiger partial charge on any atom is 0.410 e. The van der Waals surface area contributed by atoms with Gasteiger partial charge in [-0.1, -0.05) is 0 Å². The van der Waals surface area contributed by atoms with Crippen LogP contribution in [-0.2, 0) is 19.4 Å². The standard InChI is InChI=1S/C13H18F3NO6S/c1-11(2,3)23-10(20)17-5-8-12(6-17,13(14,15)16)4-7(9(18)19)24(8,21)22/h7-8H,4-6H2,1-3H3,(H,18,19)/t7?,8-,12-/m1/s1. The lowest BCUT2D eigenvalue weighted by molar-refractivity contribution is -0.217. The number of amides is 1. The zero-order valence-corrected chi connectivity index (χ0v) is 14.1. The minimum absolute atomic E-state index is 0.693. The minimum Gasteiger partial charge on any atom is -0.480 e. The Bertz CT molecular complexity index is 668. The summed E-state index contributed by atoms with van der Waals surface area (Å²) in [6.45, 7) is 2.91. The van der Waals surface area contributed by atoms with Gasteiger partial charge in [0, 0.05) is 13.1 Å². The number of hydrogen-bond acceptors (Lipinski definition) is 5. The van der Waals surface area contributed by atoms with Crippen molar-refractivity contribution >= 4 is 21.9 Å². The predicted octanol–water partition coefficient (Wildman–Crippen LogP) is 1.43. The van der Waals surface area contributed by atoms with Crippen molar-refractivity contribution in [1.82, 2.24) is 4.90 Å². The van der Waals surface area contributed by atoms with Crippen molar-refractivity contribution in [2.24, 2.45) is 5.41 Å². The van der Waals surface area contributed by atoms with Gasteiger partial charge in [0.25, 0.3) is 0 Å². The Hall–Kier alpha value is -1.52.